The summed E-state index contributed by atoms with van der Waals surface area (Å²) in [5, 5.41) is 5.92. The van der Waals surface area contributed by atoms with Crippen LogP contribution in [0.25, 0.3) is 0 Å². The van der Waals surface area contributed by atoms with Crippen LogP contribution in [0.15, 0.2) is 47.2 Å². The number of pyridine rings is 1. The molecular formula is C24H30N8O2. The maximum Gasteiger partial charge on any atom is 0.276 e. The molecule has 10 heteroatoms. The zero-order chi connectivity index (χ0) is 24.2. The van der Waals surface area contributed by atoms with Crippen molar-refractivity contribution >= 4 is 29.4 Å². The van der Waals surface area contributed by atoms with Crippen LogP contribution in [-0.4, -0.2) is 57.0 Å². The normalized spacial score (nSPS) is 20.9. The molecule has 4 rings (SSSR count). The average Bonchev–Trinajstić information content (AvgIpc) is 3.63. The van der Waals surface area contributed by atoms with Crippen molar-refractivity contribution in [3.8, 4) is 0 Å². The lowest BCUT2D eigenvalue weighted by molar-refractivity contribution is -0.129. The Labute approximate surface area is 198 Å². The highest BCUT2D eigenvalue weighted by molar-refractivity contribution is 6.05. The zero-order valence-corrected chi connectivity index (χ0v) is 19.7. The van der Waals surface area contributed by atoms with E-state index in [0.717, 1.165) is 31.4 Å². The Bertz CT molecular complexity index is 1120. The van der Waals surface area contributed by atoms with Crippen LogP contribution in [-0.2, 0) is 4.79 Å². The van der Waals surface area contributed by atoms with E-state index in [-0.39, 0.29) is 35.1 Å². The lowest BCUT2D eigenvalue weighted by Gasteiger charge is -2.27. The van der Waals surface area contributed by atoms with E-state index in [9.17, 15) is 9.59 Å². The molecule has 0 spiro atoms. The zero-order valence-electron chi connectivity index (χ0n) is 19.7. The van der Waals surface area contributed by atoms with Gasteiger partial charge in [-0.3, -0.25) is 14.6 Å². The summed E-state index contributed by atoms with van der Waals surface area (Å²) in [6, 6.07) is 3.90. The van der Waals surface area contributed by atoms with Crippen molar-refractivity contribution in [3.63, 3.8) is 0 Å². The number of carbonyl (C=O) groups excluding carboxylic acids is 2. The fourth-order valence-corrected chi connectivity index (χ4v) is 4.20. The first kappa shape index (κ1) is 23.3. The fraction of sp³-hybridized carbons (Fsp3) is 0.417. The molecule has 0 radical (unpaired) electrons. The van der Waals surface area contributed by atoms with Crippen molar-refractivity contribution < 1.29 is 9.59 Å². The van der Waals surface area contributed by atoms with Gasteiger partial charge in [0.1, 0.15) is 12.0 Å². The maximum absolute atomic E-state index is 13.4. The van der Waals surface area contributed by atoms with Crippen LogP contribution < -0.4 is 16.4 Å². The number of likely N-dealkylation sites (tertiary alicyclic amines) is 1. The number of rotatable bonds is 7. The van der Waals surface area contributed by atoms with Gasteiger partial charge in [0.2, 0.25) is 0 Å². The van der Waals surface area contributed by atoms with Crippen LogP contribution in [0.2, 0.25) is 0 Å². The van der Waals surface area contributed by atoms with Crippen LogP contribution in [0.4, 0.5) is 11.4 Å². The van der Waals surface area contributed by atoms with E-state index in [1.165, 1.54) is 12.5 Å². The number of hydrogen-bond acceptors (Lipinski definition) is 8. The summed E-state index contributed by atoms with van der Waals surface area (Å²) < 4.78 is 0. The Morgan fingerprint density at radius 2 is 1.79 bits per heavy atom. The number of nitrogens with zero attached hydrogens (tertiary/aromatic N) is 5. The second-order valence-corrected chi connectivity index (χ2v) is 8.82. The standard InChI is InChI=1S/C24H30N8O2/c1-14-4-5-15(2)32(14)24(34)21(25)20(12-26-3)31-23(33)22-19(29-17-10-27-13-28-11-17)9-8-18(30-22)16-6-7-16/h8-16,29H,4-7,25H2,1-3H3,(H,31,33). The molecule has 34 heavy (non-hydrogen) atoms. The molecule has 2 unspecified atom stereocenters. The molecule has 4 N–H and O–H groups in total. The maximum atomic E-state index is 13.4. The van der Waals surface area contributed by atoms with Crippen LogP contribution in [0.1, 0.15) is 61.6 Å². The fourth-order valence-electron chi connectivity index (χ4n) is 4.20. The van der Waals surface area contributed by atoms with Crippen LogP contribution in [0, 0.1) is 0 Å². The molecule has 1 aliphatic heterocycles. The van der Waals surface area contributed by atoms with Gasteiger partial charge in [-0.1, -0.05) is 0 Å². The molecule has 1 saturated heterocycles. The molecule has 2 aromatic rings. The number of nitrogens with one attached hydrogen (secondary N) is 2. The lowest BCUT2D eigenvalue weighted by atomic mass is 10.2. The third-order valence-corrected chi connectivity index (χ3v) is 6.18. The summed E-state index contributed by atoms with van der Waals surface area (Å²) in [5.41, 5.74) is 8.52. The Hall–Kier alpha value is -3.82. The topological polar surface area (TPSA) is 138 Å². The van der Waals surface area contributed by atoms with E-state index in [1.54, 1.807) is 24.3 Å². The molecule has 0 aromatic carbocycles. The van der Waals surface area contributed by atoms with Crippen molar-refractivity contribution in [3.05, 3.63) is 53.6 Å². The minimum atomic E-state index is -0.491. The number of amides is 2. The molecule has 2 fully saturated rings. The largest absolute Gasteiger partial charge is 0.393 e. The number of allylic oxidation sites excluding steroid dienone is 1. The van der Waals surface area contributed by atoms with Gasteiger partial charge in [-0.15, -0.1) is 0 Å². The third-order valence-electron chi connectivity index (χ3n) is 6.18. The Morgan fingerprint density at radius 1 is 1.12 bits per heavy atom. The molecule has 178 valence electrons. The van der Waals surface area contributed by atoms with Gasteiger partial charge in [-0.05, 0) is 51.7 Å². The predicted molar refractivity (Wildman–Crippen MR) is 130 cm³/mol. The van der Waals surface area contributed by atoms with Crippen molar-refractivity contribution in [2.45, 2.75) is 57.5 Å². The highest BCUT2D eigenvalue weighted by Gasteiger charge is 2.33. The van der Waals surface area contributed by atoms with E-state index in [2.05, 4.69) is 30.6 Å². The summed E-state index contributed by atoms with van der Waals surface area (Å²) >= 11 is 0. The van der Waals surface area contributed by atoms with Crippen LogP contribution >= 0.6 is 0 Å². The lowest BCUT2D eigenvalue weighted by Crippen LogP contribution is -2.43. The summed E-state index contributed by atoms with van der Waals surface area (Å²) in [6.07, 6.45) is 9.96. The predicted octanol–water partition coefficient (Wildman–Crippen LogP) is 2.49. The van der Waals surface area contributed by atoms with Gasteiger partial charge in [0.05, 0.1) is 29.5 Å². The first-order valence-corrected chi connectivity index (χ1v) is 11.5. The molecule has 2 amide bonds. The van der Waals surface area contributed by atoms with Gasteiger partial charge < -0.3 is 21.3 Å². The summed E-state index contributed by atoms with van der Waals surface area (Å²) in [6.45, 7) is 4.00. The molecule has 2 aliphatic rings. The van der Waals surface area contributed by atoms with E-state index >= 15 is 0 Å². The SMILES string of the molecule is CN=CC(NC(=O)c1nc(C2CC2)ccc1Nc1cncnc1)=C(N)C(=O)N1C(C)CCC1C. The van der Waals surface area contributed by atoms with Crippen molar-refractivity contribution in [2.24, 2.45) is 10.7 Å². The van der Waals surface area contributed by atoms with E-state index in [0.29, 0.717) is 17.3 Å². The Morgan fingerprint density at radius 3 is 2.41 bits per heavy atom. The highest BCUT2D eigenvalue weighted by atomic mass is 16.2. The summed E-state index contributed by atoms with van der Waals surface area (Å²) in [5.74, 6) is -0.445. The number of carbonyl (C=O) groups is 2. The van der Waals surface area contributed by atoms with Gasteiger partial charge in [-0.25, -0.2) is 15.0 Å². The van der Waals surface area contributed by atoms with Crippen molar-refractivity contribution in [1.82, 2.24) is 25.2 Å². The number of aliphatic imine (C=N–C) groups is 1. The molecule has 1 saturated carbocycles. The molecule has 2 atom stereocenters. The number of aromatic nitrogens is 3. The van der Waals surface area contributed by atoms with Gasteiger partial charge in [0.15, 0.2) is 5.69 Å². The van der Waals surface area contributed by atoms with E-state index in [4.69, 9.17) is 5.73 Å². The van der Waals surface area contributed by atoms with Crippen LogP contribution in [0.5, 0.6) is 0 Å². The first-order chi connectivity index (χ1) is 16.4. The quantitative estimate of drug-likeness (QED) is 0.424. The van der Waals surface area contributed by atoms with Gasteiger partial charge >= 0.3 is 0 Å². The van der Waals surface area contributed by atoms with E-state index < -0.39 is 5.91 Å². The first-order valence-electron chi connectivity index (χ1n) is 11.5. The van der Waals surface area contributed by atoms with Crippen LogP contribution in [0.3, 0.4) is 0 Å². The molecular weight excluding hydrogens is 432 g/mol. The minimum absolute atomic E-state index is 0.0520. The van der Waals surface area contributed by atoms with Gasteiger partial charge in [0.25, 0.3) is 11.8 Å². The smallest absolute Gasteiger partial charge is 0.276 e. The van der Waals surface area contributed by atoms with E-state index in [1.807, 2.05) is 26.0 Å². The minimum Gasteiger partial charge on any atom is -0.393 e. The number of anilines is 2. The highest BCUT2D eigenvalue weighted by Crippen LogP contribution is 2.39. The monoisotopic (exact) mass is 462 g/mol. The van der Waals surface area contributed by atoms with Crippen molar-refractivity contribution in [1.29, 1.82) is 0 Å². The Balaban J connectivity index is 1.64. The number of nitrogens with two attached hydrogens (primary N) is 1. The summed E-state index contributed by atoms with van der Waals surface area (Å²) in [4.78, 5) is 44.9. The molecule has 2 aromatic heterocycles. The summed E-state index contributed by atoms with van der Waals surface area (Å²) in [7, 11) is 1.55. The second kappa shape index (κ2) is 9.98. The Kier molecular flexibility index (Phi) is 6.85. The van der Waals surface area contributed by atoms with Crippen molar-refractivity contribution in [2.75, 3.05) is 12.4 Å². The third kappa shape index (κ3) is 5.05. The number of hydrogen-bond donors (Lipinski definition) is 3. The molecule has 3 heterocycles. The van der Waals surface area contributed by atoms with Gasteiger partial charge in [0, 0.05) is 37.0 Å². The second-order valence-electron chi connectivity index (χ2n) is 8.82. The van der Waals surface area contributed by atoms with Gasteiger partial charge in [-0.2, -0.15) is 0 Å². The molecule has 10 nitrogen and oxygen atoms in total. The molecule has 1 aliphatic carbocycles. The average molecular weight is 463 g/mol. The molecule has 0 bridgehead atoms.